The molecule has 0 spiro atoms. The molecule has 7 heteroatoms. The highest BCUT2D eigenvalue weighted by Gasteiger charge is 2.28. The van der Waals surface area contributed by atoms with E-state index in [-0.39, 0.29) is 23.7 Å². The second-order valence-electron chi connectivity index (χ2n) is 9.66. The van der Waals surface area contributed by atoms with Gasteiger partial charge in [-0.15, -0.1) is 0 Å². The number of carboxylic acids is 1. The summed E-state index contributed by atoms with van der Waals surface area (Å²) in [5, 5.41) is 15.1. The number of allylic oxidation sites excluding steroid dienone is 5. The summed E-state index contributed by atoms with van der Waals surface area (Å²) in [4.78, 5) is 35.7. The maximum Gasteiger partial charge on any atom is 0.327 e. The maximum atomic E-state index is 12.8. The van der Waals surface area contributed by atoms with Crippen molar-refractivity contribution >= 4 is 29.5 Å². The van der Waals surface area contributed by atoms with Gasteiger partial charge in [0.1, 0.15) is 6.04 Å². The van der Waals surface area contributed by atoms with Crippen molar-refractivity contribution in [2.24, 2.45) is 11.8 Å². The minimum Gasteiger partial charge on any atom is -0.480 e. The molecule has 1 unspecified atom stereocenters. The Labute approximate surface area is 217 Å². The zero-order valence-corrected chi connectivity index (χ0v) is 23.7. The lowest BCUT2D eigenvalue weighted by atomic mass is 9.88. The van der Waals surface area contributed by atoms with E-state index < -0.39 is 12.0 Å². The van der Waals surface area contributed by atoms with Crippen molar-refractivity contribution in [1.29, 1.82) is 0 Å². The molecular formula is C28H48N2O4S. The van der Waals surface area contributed by atoms with E-state index in [2.05, 4.69) is 56.6 Å². The van der Waals surface area contributed by atoms with E-state index in [4.69, 9.17) is 0 Å². The molecule has 0 heterocycles. The van der Waals surface area contributed by atoms with Gasteiger partial charge in [-0.2, -0.15) is 11.8 Å². The number of carbonyl (C=O) groups is 3. The smallest absolute Gasteiger partial charge is 0.327 e. The molecule has 0 aromatic carbocycles. The third kappa shape index (κ3) is 17.1. The molecule has 3 atom stereocenters. The molecule has 0 aromatic heterocycles. The van der Waals surface area contributed by atoms with Gasteiger partial charge < -0.3 is 15.7 Å². The van der Waals surface area contributed by atoms with Crippen LogP contribution in [-0.2, 0) is 14.4 Å². The molecule has 6 nitrogen and oxygen atoms in total. The number of carboxylic acid groups (broad SMARTS) is 1. The molecule has 3 N–H and O–H groups in total. The lowest BCUT2D eigenvalue weighted by molar-refractivity contribution is -0.142. The van der Waals surface area contributed by atoms with Gasteiger partial charge in [0.15, 0.2) is 0 Å². The number of hydrogen-bond acceptors (Lipinski definition) is 4. The summed E-state index contributed by atoms with van der Waals surface area (Å²) in [7, 11) is 0. The third-order valence-electron chi connectivity index (χ3n) is 6.07. The Morgan fingerprint density at radius 2 is 1.54 bits per heavy atom. The van der Waals surface area contributed by atoms with Crippen LogP contribution < -0.4 is 10.6 Å². The number of thioether (sulfide) groups is 1. The number of hydrogen-bond donors (Lipinski definition) is 3. The first kappa shape index (κ1) is 33.0. The molecule has 0 saturated carbocycles. The summed E-state index contributed by atoms with van der Waals surface area (Å²) >= 11 is 1.51. The highest BCUT2D eigenvalue weighted by molar-refractivity contribution is 7.99. The van der Waals surface area contributed by atoms with Crippen LogP contribution in [0.5, 0.6) is 0 Å². The van der Waals surface area contributed by atoms with Crippen LogP contribution in [0.4, 0.5) is 0 Å². The fraction of sp³-hybridized carbons (Fsp3) is 0.679. The molecule has 35 heavy (non-hydrogen) atoms. The van der Waals surface area contributed by atoms with Crippen LogP contribution in [0.3, 0.4) is 0 Å². The zero-order chi connectivity index (χ0) is 26.8. The minimum absolute atomic E-state index is 0.0985. The monoisotopic (exact) mass is 508 g/mol. The van der Waals surface area contributed by atoms with Gasteiger partial charge >= 0.3 is 5.97 Å². The Hall–Kier alpha value is -2.02. The Morgan fingerprint density at radius 1 is 0.943 bits per heavy atom. The molecule has 0 aliphatic carbocycles. The van der Waals surface area contributed by atoms with E-state index in [0.717, 1.165) is 32.1 Å². The van der Waals surface area contributed by atoms with Gasteiger partial charge in [0.25, 0.3) is 0 Å². The quantitative estimate of drug-likeness (QED) is 0.158. The molecule has 0 rings (SSSR count). The molecule has 2 amide bonds. The zero-order valence-electron chi connectivity index (χ0n) is 22.9. The van der Waals surface area contributed by atoms with Crippen molar-refractivity contribution in [3.05, 3.63) is 34.9 Å². The average Bonchev–Trinajstić information content (AvgIpc) is 2.77. The number of rotatable bonds is 18. The Balaban J connectivity index is 4.62. The van der Waals surface area contributed by atoms with Crippen molar-refractivity contribution < 1.29 is 19.5 Å². The lowest BCUT2D eigenvalue weighted by Gasteiger charge is -2.24. The van der Waals surface area contributed by atoms with E-state index in [9.17, 15) is 19.5 Å². The third-order valence-corrected chi connectivity index (χ3v) is 7.04. The maximum absolute atomic E-state index is 12.8. The van der Waals surface area contributed by atoms with E-state index in [1.807, 2.05) is 13.8 Å². The van der Waals surface area contributed by atoms with Gasteiger partial charge in [-0.1, -0.05) is 55.2 Å². The van der Waals surface area contributed by atoms with Crippen LogP contribution in [-0.4, -0.2) is 47.0 Å². The van der Waals surface area contributed by atoms with Gasteiger partial charge in [-0.3, -0.25) is 9.59 Å². The highest BCUT2D eigenvalue weighted by atomic mass is 32.2. The van der Waals surface area contributed by atoms with Gasteiger partial charge in [-0.25, -0.2) is 4.79 Å². The predicted octanol–water partition coefficient (Wildman–Crippen LogP) is 5.90. The second kappa shape index (κ2) is 19.2. The van der Waals surface area contributed by atoms with Crippen molar-refractivity contribution in [3.63, 3.8) is 0 Å². The average molecular weight is 509 g/mol. The van der Waals surface area contributed by atoms with Crippen LogP contribution in [0.2, 0.25) is 0 Å². The van der Waals surface area contributed by atoms with Crippen LogP contribution in [0.15, 0.2) is 34.9 Å². The van der Waals surface area contributed by atoms with E-state index >= 15 is 0 Å². The summed E-state index contributed by atoms with van der Waals surface area (Å²) in [6, 6.07) is -0.931. The highest BCUT2D eigenvalue weighted by Crippen LogP contribution is 2.20. The van der Waals surface area contributed by atoms with Crippen LogP contribution >= 0.6 is 11.8 Å². The van der Waals surface area contributed by atoms with E-state index in [1.54, 1.807) is 0 Å². The molecule has 0 aliphatic heterocycles. The summed E-state index contributed by atoms with van der Waals surface area (Å²) in [6.07, 6.45) is 12.2. The topological polar surface area (TPSA) is 95.5 Å². The first-order valence-electron chi connectivity index (χ1n) is 12.8. The second-order valence-corrected chi connectivity index (χ2v) is 10.7. The number of aliphatic carboxylic acids is 1. The SMILES string of the molecule is CC[C@H](C)C(CCNC(C)=O)C(=O)N[C@@H](CSC/C=C(\C)CC/C=C(\C)CCC=C(C)C)C(=O)O. The Bertz CT molecular complexity index is 754. The predicted molar refractivity (Wildman–Crippen MR) is 149 cm³/mol. The summed E-state index contributed by atoms with van der Waals surface area (Å²) in [5.74, 6) is -0.622. The van der Waals surface area contributed by atoms with Crippen LogP contribution in [0.25, 0.3) is 0 Å². The molecule has 0 fully saturated rings. The fourth-order valence-corrected chi connectivity index (χ4v) is 4.54. The van der Waals surface area contributed by atoms with Crippen molar-refractivity contribution in [3.8, 4) is 0 Å². The van der Waals surface area contributed by atoms with Gasteiger partial charge in [0.2, 0.25) is 11.8 Å². The molecule has 0 aliphatic rings. The van der Waals surface area contributed by atoms with Crippen LogP contribution in [0, 0.1) is 11.8 Å². The standard InChI is InChI=1S/C28H48N2O4S/c1-8-23(6)25(15-17-29-24(7)31)27(32)30-26(28(33)34)19-35-18-16-22(5)14-10-13-21(4)12-9-11-20(2)3/h11,13,16,23,25-26H,8-10,12,14-15,17-19H2,1-7H3,(H,29,31)(H,30,32)(H,33,34)/b21-13+,22-16+/t23-,25?,26-/m0/s1. The number of carbonyl (C=O) groups excluding carboxylic acids is 2. The van der Waals surface area contributed by atoms with Gasteiger partial charge in [-0.05, 0) is 65.7 Å². The van der Waals surface area contributed by atoms with E-state index in [0.29, 0.717) is 24.5 Å². The molecule has 0 saturated heterocycles. The van der Waals surface area contributed by atoms with Crippen molar-refractivity contribution in [2.75, 3.05) is 18.1 Å². The summed E-state index contributed by atoms with van der Waals surface area (Å²) in [6.45, 7) is 14.4. The Morgan fingerprint density at radius 3 is 2.09 bits per heavy atom. The number of amides is 2. The number of nitrogens with one attached hydrogen (secondary N) is 2. The van der Waals surface area contributed by atoms with E-state index in [1.165, 1.54) is 35.4 Å². The lowest BCUT2D eigenvalue weighted by Crippen LogP contribution is -2.47. The molecule has 0 radical (unpaired) electrons. The molecule has 0 bridgehead atoms. The van der Waals surface area contributed by atoms with Crippen LogP contribution in [0.1, 0.15) is 87.0 Å². The van der Waals surface area contributed by atoms with Crippen molar-refractivity contribution in [2.45, 2.75) is 93.0 Å². The molecule has 200 valence electrons. The van der Waals surface area contributed by atoms with Gasteiger partial charge in [0.05, 0.1) is 0 Å². The first-order chi connectivity index (χ1) is 16.5. The first-order valence-corrected chi connectivity index (χ1v) is 13.9. The minimum atomic E-state index is -1.02. The van der Waals surface area contributed by atoms with Crippen molar-refractivity contribution in [1.82, 2.24) is 10.6 Å². The van der Waals surface area contributed by atoms with Gasteiger partial charge in [0, 0.05) is 30.9 Å². The fourth-order valence-electron chi connectivity index (χ4n) is 3.54. The largest absolute Gasteiger partial charge is 0.480 e. The summed E-state index contributed by atoms with van der Waals surface area (Å²) in [5.41, 5.74) is 4.06. The Kier molecular flexibility index (Phi) is 18.1. The molecular weight excluding hydrogens is 460 g/mol. The summed E-state index contributed by atoms with van der Waals surface area (Å²) < 4.78 is 0. The normalized spacial score (nSPS) is 14.6. The molecule has 0 aromatic rings.